The van der Waals surface area contributed by atoms with Gasteiger partial charge in [-0.2, -0.15) is 0 Å². The minimum absolute atomic E-state index is 0.272. The van der Waals surface area contributed by atoms with Crippen LogP contribution in [0.1, 0.15) is 54.7 Å². The fourth-order valence-corrected chi connectivity index (χ4v) is 6.90. The number of fused-ring (bicyclic) bond motifs is 5. The number of allylic oxidation sites excluding steroid dienone is 1. The van der Waals surface area contributed by atoms with Crippen LogP contribution in [-0.4, -0.2) is 5.72 Å². The van der Waals surface area contributed by atoms with Gasteiger partial charge in [0.2, 0.25) is 0 Å². The van der Waals surface area contributed by atoms with Crippen molar-refractivity contribution < 1.29 is 4.74 Å². The molecule has 0 N–H and O–H groups in total. The van der Waals surface area contributed by atoms with Crippen LogP contribution in [0.4, 0.5) is 5.69 Å². The van der Waals surface area contributed by atoms with Crippen molar-refractivity contribution in [3.63, 3.8) is 0 Å². The third kappa shape index (κ3) is 2.34. The molecule has 3 aromatic rings. The summed E-state index contributed by atoms with van der Waals surface area (Å²) in [7, 11) is 0. The van der Waals surface area contributed by atoms with E-state index in [0.29, 0.717) is 11.8 Å². The summed E-state index contributed by atoms with van der Waals surface area (Å²) >= 11 is 0. The van der Waals surface area contributed by atoms with Gasteiger partial charge in [0, 0.05) is 23.8 Å². The number of hydrogen-bond acceptors (Lipinski definition) is 2. The van der Waals surface area contributed by atoms with E-state index in [1.54, 1.807) is 5.57 Å². The van der Waals surface area contributed by atoms with Gasteiger partial charge >= 0.3 is 0 Å². The Morgan fingerprint density at radius 3 is 2.55 bits per heavy atom. The van der Waals surface area contributed by atoms with Crippen molar-refractivity contribution in [2.45, 2.75) is 50.2 Å². The van der Waals surface area contributed by atoms with E-state index in [4.69, 9.17) is 4.74 Å². The van der Waals surface area contributed by atoms with E-state index in [2.05, 4.69) is 83.8 Å². The maximum Gasteiger partial charge on any atom is 0.191 e. The molecule has 0 unspecified atom stereocenters. The number of hydrogen-bond donors (Lipinski definition) is 0. The predicted octanol–water partition coefficient (Wildman–Crippen LogP) is 6.93. The van der Waals surface area contributed by atoms with E-state index in [1.807, 2.05) is 0 Å². The molecule has 1 fully saturated rings. The van der Waals surface area contributed by atoms with Gasteiger partial charge < -0.3 is 4.74 Å². The molecule has 2 aliphatic heterocycles. The first-order valence-electron chi connectivity index (χ1n) is 11.8. The first-order valence-corrected chi connectivity index (χ1v) is 11.8. The fourth-order valence-electron chi connectivity index (χ4n) is 6.90. The molecule has 0 bridgehead atoms. The zero-order valence-corrected chi connectivity index (χ0v) is 17.8. The van der Waals surface area contributed by atoms with E-state index in [9.17, 15) is 0 Å². The van der Waals surface area contributed by atoms with Gasteiger partial charge in [-0.25, -0.2) is 0 Å². The number of nitrogens with zero attached hydrogens (tertiary/aromatic N) is 1. The van der Waals surface area contributed by atoms with Crippen LogP contribution in [-0.2, 0) is 6.42 Å². The number of rotatable bonds is 1. The van der Waals surface area contributed by atoms with Gasteiger partial charge in [0.05, 0.1) is 11.4 Å². The van der Waals surface area contributed by atoms with Crippen molar-refractivity contribution in [2.24, 2.45) is 5.92 Å². The van der Waals surface area contributed by atoms with Crippen molar-refractivity contribution in [3.05, 3.63) is 101 Å². The van der Waals surface area contributed by atoms with Gasteiger partial charge in [-0.1, -0.05) is 73.2 Å². The Morgan fingerprint density at radius 2 is 1.61 bits per heavy atom. The molecule has 0 amide bonds. The van der Waals surface area contributed by atoms with E-state index < -0.39 is 0 Å². The molecule has 2 heteroatoms. The van der Waals surface area contributed by atoms with Crippen molar-refractivity contribution >= 4 is 11.4 Å². The number of aryl methyl sites for hydroxylation is 1. The Bertz CT molecular complexity index is 1200. The van der Waals surface area contributed by atoms with Gasteiger partial charge in [-0.3, -0.25) is 4.90 Å². The van der Waals surface area contributed by atoms with Crippen LogP contribution in [0, 0.1) is 5.92 Å². The second-order valence-electron chi connectivity index (χ2n) is 9.52. The second kappa shape index (κ2) is 6.50. The van der Waals surface area contributed by atoms with Crippen molar-refractivity contribution in [3.8, 4) is 5.75 Å². The Labute approximate surface area is 184 Å². The highest BCUT2D eigenvalue weighted by Crippen LogP contribution is 2.63. The molecule has 0 aromatic heterocycles. The largest absolute Gasteiger partial charge is 0.465 e. The molecule has 2 nitrogen and oxygen atoms in total. The first-order chi connectivity index (χ1) is 15.4. The fraction of sp³-hybridized carbons (Fsp3) is 0.310. The first kappa shape index (κ1) is 17.7. The monoisotopic (exact) mass is 405 g/mol. The quantitative estimate of drug-likeness (QED) is 0.435. The maximum atomic E-state index is 7.01. The third-order valence-electron chi connectivity index (χ3n) is 8.05. The van der Waals surface area contributed by atoms with Crippen molar-refractivity contribution in [1.29, 1.82) is 0 Å². The second-order valence-corrected chi connectivity index (χ2v) is 9.52. The number of para-hydroxylation sites is 2. The molecule has 4 aliphatic rings. The molecule has 31 heavy (non-hydrogen) atoms. The van der Waals surface area contributed by atoms with Gasteiger partial charge in [0.15, 0.2) is 5.72 Å². The average molecular weight is 406 g/mol. The maximum absolute atomic E-state index is 7.01. The Morgan fingerprint density at radius 1 is 0.806 bits per heavy atom. The molecular formula is C29H27NO. The summed E-state index contributed by atoms with van der Waals surface area (Å²) in [4.78, 5) is 2.64. The third-order valence-corrected chi connectivity index (χ3v) is 8.05. The number of ether oxygens (including phenoxy) is 1. The summed E-state index contributed by atoms with van der Waals surface area (Å²) < 4.78 is 7.01. The smallest absolute Gasteiger partial charge is 0.191 e. The Kier molecular flexibility index (Phi) is 3.70. The molecule has 0 saturated heterocycles. The van der Waals surface area contributed by atoms with E-state index in [0.717, 1.165) is 25.0 Å². The van der Waals surface area contributed by atoms with Crippen LogP contribution in [0.3, 0.4) is 0 Å². The highest BCUT2D eigenvalue weighted by molar-refractivity contribution is 5.90. The van der Waals surface area contributed by atoms with Crippen molar-refractivity contribution in [2.75, 3.05) is 4.90 Å². The van der Waals surface area contributed by atoms with Crippen LogP contribution in [0.15, 0.2) is 84.4 Å². The van der Waals surface area contributed by atoms with Gasteiger partial charge in [0.1, 0.15) is 5.75 Å². The van der Waals surface area contributed by atoms with E-state index in [-0.39, 0.29) is 5.72 Å². The SMILES string of the molecule is c1ccc([C@@H]2C3=C(c4ccccc4CC3)N3c4ccccc4O[C@@]34CCCC[C@H]24)cc1. The van der Waals surface area contributed by atoms with Crippen LogP contribution in [0.5, 0.6) is 5.75 Å². The molecule has 7 rings (SSSR count). The van der Waals surface area contributed by atoms with E-state index >= 15 is 0 Å². The minimum atomic E-state index is -0.272. The predicted molar refractivity (Wildman–Crippen MR) is 125 cm³/mol. The standard InChI is InChI=1S/C29H27NO/c1-2-11-21(12-3-1)27-23-18-17-20-10-4-5-13-22(20)28(23)30-25-15-6-7-16-26(25)31-29(30)19-9-8-14-24(27)29/h1-7,10-13,15-16,24,27H,8-9,14,17-19H2/t24-,27-,29-/m1/s1. The highest BCUT2D eigenvalue weighted by Gasteiger charge is 2.60. The summed E-state index contributed by atoms with van der Waals surface area (Å²) in [6, 6.07) is 29.0. The lowest BCUT2D eigenvalue weighted by Crippen LogP contribution is -2.60. The Balaban J connectivity index is 1.56. The molecule has 1 spiro atoms. The van der Waals surface area contributed by atoms with Crippen molar-refractivity contribution in [1.82, 2.24) is 0 Å². The Hall–Kier alpha value is -3.00. The lowest BCUT2D eigenvalue weighted by atomic mass is 9.63. The zero-order valence-electron chi connectivity index (χ0n) is 17.8. The number of benzene rings is 3. The molecule has 3 atom stereocenters. The van der Waals surface area contributed by atoms with Crippen LogP contribution in [0.25, 0.3) is 5.70 Å². The van der Waals surface area contributed by atoms with Crippen LogP contribution < -0.4 is 9.64 Å². The number of anilines is 1. The van der Waals surface area contributed by atoms with E-state index in [1.165, 1.54) is 47.3 Å². The molecule has 1 saturated carbocycles. The highest BCUT2D eigenvalue weighted by atomic mass is 16.5. The normalized spacial score (nSPS) is 28.1. The molecule has 2 aliphatic carbocycles. The molecule has 2 heterocycles. The summed E-state index contributed by atoms with van der Waals surface area (Å²) in [5, 5.41) is 0. The summed E-state index contributed by atoms with van der Waals surface area (Å²) in [5.41, 5.74) is 8.37. The van der Waals surface area contributed by atoms with Crippen LogP contribution >= 0.6 is 0 Å². The molecular weight excluding hydrogens is 378 g/mol. The topological polar surface area (TPSA) is 12.5 Å². The summed E-state index contributed by atoms with van der Waals surface area (Å²) in [6.07, 6.45) is 7.11. The lowest BCUT2D eigenvalue weighted by Gasteiger charge is -2.55. The zero-order chi connectivity index (χ0) is 20.4. The van der Waals surface area contributed by atoms with Gasteiger partial charge in [0.25, 0.3) is 0 Å². The summed E-state index contributed by atoms with van der Waals surface area (Å²) in [5.74, 6) is 1.95. The van der Waals surface area contributed by atoms with Gasteiger partial charge in [-0.15, -0.1) is 0 Å². The molecule has 0 radical (unpaired) electrons. The van der Waals surface area contributed by atoms with Gasteiger partial charge in [-0.05, 0) is 54.5 Å². The molecule has 3 aromatic carbocycles. The lowest BCUT2D eigenvalue weighted by molar-refractivity contribution is -0.0148. The minimum Gasteiger partial charge on any atom is -0.465 e. The average Bonchev–Trinajstić information content (AvgIpc) is 3.16. The molecule has 154 valence electrons. The summed E-state index contributed by atoms with van der Waals surface area (Å²) in [6.45, 7) is 0. The van der Waals surface area contributed by atoms with Crippen LogP contribution in [0.2, 0.25) is 0 Å².